The van der Waals surface area contributed by atoms with Crippen LogP contribution >= 0.6 is 0 Å². The molecular formula is C14H17F3O2. The summed E-state index contributed by atoms with van der Waals surface area (Å²) in [5.41, 5.74) is -0.149. The summed E-state index contributed by atoms with van der Waals surface area (Å²) in [7, 11) is 1.28. The molecule has 0 aliphatic rings. The van der Waals surface area contributed by atoms with Crippen LogP contribution in [-0.4, -0.2) is 13.1 Å². The number of ether oxygens (including phenoxy) is 1. The zero-order chi connectivity index (χ0) is 14.5. The Kier molecular flexibility index (Phi) is 5.39. The van der Waals surface area contributed by atoms with Crippen LogP contribution in [0.5, 0.6) is 0 Å². The lowest BCUT2D eigenvalue weighted by atomic mass is 9.93. The van der Waals surface area contributed by atoms with Crippen LogP contribution in [0.3, 0.4) is 0 Å². The van der Waals surface area contributed by atoms with E-state index in [1.165, 1.54) is 19.2 Å². The maximum Gasteiger partial charge on any atom is 0.416 e. The van der Waals surface area contributed by atoms with Gasteiger partial charge in [0.05, 0.1) is 18.6 Å². The second kappa shape index (κ2) is 6.59. The first-order valence-electron chi connectivity index (χ1n) is 6.15. The van der Waals surface area contributed by atoms with Gasteiger partial charge in [-0.25, -0.2) is 0 Å². The van der Waals surface area contributed by atoms with E-state index in [0.29, 0.717) is 12.0 Å². The molecule has 19 heavy (non-hydrogen) atoms. The minimum absolute atomic E-state index is 0.409. The number of hydrogen-bond donors (Lipinski definition) is 0. The second-order valence-electron chi connectivity index (χ2n) is 4.34. The monoisotopic (exact) mass is 274 g/mol. The molecule has 1 atom stereocenters. The number of benzene rings is 1. The van der Waals surface area contributed by atoms with E-state index in [0.717, 1.165) is 25.0 Å². The summed E-state index contributed by atoms with van der Waals surface area (Å²) < 4.78 is 42.1. The predicted molar refractivity (Wildman–Crippen MR) is 65.7 cm³/mol. The third-order valence-electron chi connectivity index (χ3n) is 2.97. The first-order valence-corrected chi connectivity index (χ1v) is 6.15. The molecule has 0 heterocycles. The standard InChI is InChI=1S/C14H17F3O2/c1-3-4-5-12(13(18)19-2)10-6-8-11(9-7-10)14(15,16)17/h6-9,12H,3-5H2,1-2H3. The Morgan fingerprint density at radius 3 is 2.26 bits per heavy atom. The van der Waals surface area contributed by atoms with E-state index in [2.05, 4.69) is 0 Å². The molecule has 0 amide bonds. The molecule has 2 nitrogen and oxygen atoms in total. The van der Waals surface area contributed by atoms with Gasteiger partial charge in [-0.2, -0.15) is 13.2 Å². The summed E-state index contributed by atoms with van der Waals surface area (Å²) >= 11 is 0. The van der Waals surface area contributed by atoms with Crippen molar-refractivity contribution in [2.75, 3.05) is 7.11 Å². The fourth-order valence-electron chi connectivity index (χ4n) is 1.88. The molecule has 0 spiro atoms. The van der Waals surface area contributed by atoms with E-state index in [9.17, 15) is 18.0 Å². The highest BCUT2D eigenvalue weighted by Crippen LogP contribution is 2.31. The molecule has 0 aromatic heterocycles. The Hall–Kier alpha value is -1.52. The van der Waals surface area contributed by atoms with E-state index >= 15 is 0 Å². The molecule has 0 saturated heterocycles. The van der Waals surface area contributed by atoms with Crippen molar-refractivity contribution in [1.82, 2.24) is 0 Å². The first kappa shape index (κ1) is 15.5. The SMILES string of the molecule is CCCCC(C(=O)OC)c1ccc(C(F)(F)F)cc1. The van der Waals surface area contributed by atoms with Crippen LogP contribution in [0.25, 0.3) is 0 Å². The number of carbonyl (C=O) groups excluding carboxylic acids is 1. The van der Waals surface area contributed by atoms with Crippen LogP contribution < -0.4 is 0 Å². The van der Waals surface area contributed by atoms with Crippen molar-refractivity contribution in [3.8, 4) is 0 Å². The van der Waals surface area contributed by atoms with Crippen molar-refractivity contribution in [1.29, 1.82) is 0 Å². The molecule has 0 bridgehead atoms. The van der Waals surface area contributed by atoms with Gasteiger partial charge in [-0.15, -0.1) is 0 Å². The normalized spacial score (nSPS) is 13.1. The van der Waals surface area contributed by atoms with E-state index in [4.69, 9.17) is 4.74 Å². The Labute approximate surface area is 110 Å². The van der Waals surface area contributed by atoms with Crippen molar-refractivity contribution in [3.05, 3.63) is 35.4 Å². The van der Waals surface area contributed by atoms with Gasteiger partial charge >= 0.3 is 12.1 Å². The molecule has 1 aromatic rings. The van der Waals surface area contributed by atoms with Gasteiger partial charge in [0, 0.05) is 0 Å². The Bertz CT molecular complexity index is 410. The quantitative estimate of drug-likeness (QED) is 0.754. The summed E-state index contributed by atoms with van der Waals surface area (Å²) in [4.78, 5) is 11.7. The van der Waals surface area contributed by atoms with Crippen LogP contribution in [0.2, 0.25) is 0 Å². The van der Waals surface area contributed by atoms with E-state index in [-0.39, 0.29) is 0 Å². The number of alkyl halides is 3. The van der Waals surface area contributed by atoms with Gasteiger partial charge in [0.15, 0.2) is 0 Å². The zero-order valence-corrected chi connectivity index (χ0v) is 11.0. The summed E-state index contributed by atoms with van der Waals surface area (Å²) in [5, 5.41) is 0. The van der Waals surface area contributed by atoms with E-state index < -0.39 is 23.6 Å². The first-order chi connectivity index (χ1) is 8.90. The van der Waals surface area contributed by atoms with Crippen molar-refractivity contribution < 1.29 is 22.7 Å². The number of halogens is 3. The maximum atomic E-state index is 12.5. The molecule has 0 aliphatic carbocycles. The highest BCUT2D eigenvalue weighted by atomic mass is 19.4. The lowest BCUT2D eigenvalue weighted by molar-refractivity contribution is -0.142. The number of rotatable bonds is 5. The Morgan fingerprint density at radius 1 is 1.26 bits per heavy atom. The molecule has 1 unspecified atom stereocenters. The molecule has 0 saturated carbocycles. The van der Waals surface area contributed by atoms with Gasteiger partial charge in [0.2, 0.25) is 0 Å². The molecule has 0 fully saturated rings. The molecule has 0 aliphatic heterocycles. The average molecular weight is 274 g/mol. The third-order valence-corrected chi connectivity index (χ3v) is 2.97. The predicted octanol–water partition coefficient (Wildman–Crippen LogP) is 4.15. The fraction of sp³-hybridized carbons (Fsp3) is 0.500. The topological polar surface area (TPSA) is 26.3 Å². The van der Waals surface area contributed by atoms with Crippen molar-refractivity contribution in [2.45, 2.75) is 38.3 Å². The van der Waals surface area contributed by atoms with Crippen LogP contribution in [-0.2, 0) is 15.7 Å². The minimum atomic E-state index is -4.36. The molecule has 0 radical (unpaired) electrons. The molecule has 5 heteroatoms. The molecule has 106 valence electrons. The van der Waals surface area contributed by atoms with Gasteiger partial charge in [0.25, 0.3) is 0 Å². The van der Waals surface area contributed by atoms with Gasteiger partial charge in [-0.05, 0) is 24.1 Å². The molecule has 0 N–H and O–H groups in total. The molecular weight excluding hydrogens is 257 g/mol. The highest BCUT2D eigenvalue weighted by molar-refractivity contribution is 5.78. The summed E-state index contributed by atoms with van der Waals surface area (Å²) in [5.74, 6) is -0.902. The van der Waals surface area contributed by atoms with Crippen LogP contribution in [0.4, 0.5) is 13.2 Å². The minimum Gasteiger partial charge on any atom is -0.469 e. The number of unbranched alkanes of at least 4 members (excludes halogenated alkanes) is 1. The molecule has 1 rings (SSSR count). The lowest BCUT2D eigenvalue weighted by Gasteiger charge is -2.15. The van der Waals surface area contributed by atoms with Crippen LogP contribution in [0.15, 0.2) is 24.3 Å². The van der Waals surface area contributed by atoms with Crippen LogP contribution in [0, 0.1) is 0 Å². The number of hydrogen-bond acceptors (Lipinski definition) is 2. The molecule has 1 aromatic carbocycles. The highest BCUT2D eigenvalue weighted by Gasteiger charge is 2.30. The van der Waals surface area contributed by atoms with Crippen molar-refractivity contribution >= 4 is 5.97 Å². The fourth-order valence-corrected chi connectivity index (χ4v) is 1.88. The van der Waals surface area contributed by atoms with Crippen molar-refractivity contribution in [2.24, 2.45) is 0 Å². The van der Waals surface area contributed by atoms with Gasteiger partial charge in [0.1, 0.15) is 0 Å². The maximum absolute atomic E-state index is 12.5. The second-order valence-corrected chi connectivity index (χ2v) is 4.34. The van der Waals surface area contributed by atoms with E-state index in [1.54, 1.807) is 0 Å². The Balaban J connectivity index is 2.93. The lowest BCUT2D eigenvalue weighted by Crippen LogP contribution is -2.15. The average Bonchev–Trinajstić information content (AvgIpc) is 2.38. The van der Waals surface area contributed by atoms with Crippen molar-refractivity contribution in [3.63, 3.8) is 0 Å². The van der Waals surface area contributed by atoms with Crippen LogP contribution in [0.1, 0.15) is 43.2 Å². The largest absolute Gasteiger partial charge is 0.469 e. The van der Waals surface area contributed by atoms with E-state index in [1.807, 2.05) is 6.92 Å². The number of esters is 1. The summed E-state index contributed by atoms with van der Waals surface area (Å²) in [6, 6.07) is 4.69. The van der Waals surface area contributed by atoms with Gasteiger partial charge < -0.3 is 4.74 Å². The smallest absolute Gasteiger partial charge is 0.416 e. The van der Waals surface area contributed by atoms with Gasteiger partial charge in [-0.1, -0.05) is 31.9 Å². The van der Waals surface area contributed by atoms with Gasteiger partial charge in [-0.3, -0.25) is 4.79 Å². The zero-order valence-electron chi connectivity index (χ0n) is 11.0. The number of methoxy groups -OCH3 is 1. The number of carbonyl (C=O) groups is 1. The summed E-state index contributed by atoms with van der Waals surface area (Å²) in [6.07, 6.45) is -2.05. The summed E-state index contributed by atoms with van der Waals surface area (Å²) in [6.45, 7) is 1.99. The Morgan fingerprint density at radius 2 is 1.84 bits per heavy atom. The third kappa shape index (κ3) is 4.26.